The number of aromatic nitrogens is 3. The van der Waals surface area contributed by atoms with Crippen molar-refractivity contribution in [2.45, 2.75) is 43.3 Å². The summed E-state index contributed by atoms with van der Waals surface area (Å²) in [4.78, 5) is 34.7. The number of nitrogens with zero attached hydrogens (tertiary/aromatic N) is 4. The number of thioether (sulfide) groups is 1. The summed E-state index contributed by atoms with van der Waals surface area (Å²) >= 11 is 1.17. The molecule has 0 unspecified atom stereocenters. The fraction of sp³-hybridized carbons (Fsp3) is 0.318. The lowest BCUT2D eigenvalue weighted by atomic mass is 10.0. The number of aryl methyl sites for hydroxylation is 1. The van der Waals surface area contributed by atoms with Crippen LogP contribution in [0.25, 0.3) is 16.7 Å². The summed E-state index contributed by atoms with van der Waals surface area (Å²) in [5.41, 5.74) is 0.543. The average Bonchev–Trinajstić information content (AvgIpc) is 3.22. The standard InChI is InChI=1S/C22H21N5O2S/c1-15-8-9-18(24-12-15)27-20(29)16-6-2-3-7-17(16)25-21(27)30-13-19(28)26-22(14-23)10-4-5-11-22/h2-3,6-9,12H,4-5,10-11,13H2,1H3,(H,26,28). The Labute approximate surface area is 178 Å². The Balaban J connectivity index is 1.66. The van der Waals surface area contributed by atoms with Crippen molar-refractivity contribution in [3.8, 4) is 11.9 Å². The molecule has 1 aliphatic carbocycles. The van der Waals surface area contributed by atoms with Crippen LogP contribution in [0.1, 0.15) is 31.2 Å². The molecule has 1 aliphatic rings. The molecule has 0 radical (unpaired) electrons. The molecule has 2 aromatic heterocycles. The van der Waals surface area contributed by atoms with Gasteiger partial charge in [-0.05, 0) is 56.4 Å². The molecule has 0 spiro atoms. The normalized spacial score (nSPS) is 15.1. The average molecular weight is 420 g/mol. The number of para-hydroxylation sites is 1. The third-order valence-corrected chi connectivity index (χ3v) is 6.19. The number of nitrogens with one attached hydrogen (secondary N) is 1. The minimum atomic E-state index is -0.771. The van der Waals surface area contributed by atoms with Crippen LogP contribution in [-0.2, 0) is 4.79 Å². The van der Waals surface area contributed by atoms with E-state index in [1.165, 1.54) is 16.3 Å². The van der Waals surface area contributed by atoms with Crippen molar-refractivity contribution in [1.29, 1.82) is 5.26 Å². The topological polar surface area (TPSA) is 101 Å². The molecule has 7 nitrogen and oxygen atoms in total. The molecule has 8 heteroatoms. The monoisotopic (exact) mass is 419 g/mol. The molecule has 0 aliphatic heterocycles. The summed E-state index contributed by atoms with van der Waals surface area (Å²) < 4.78 is 1.44. The summed E-state index contributed by atoms with van der Waals surface area (Å²) in [6.07, 6.45) is 4.91. The predicted molar refractivity (Wildman–Crippen MR) is 116 cm³/mol. The Kier molecular flexibility index (Phi) is 5.55. The maximum Gasteiger partial charge on any atom is 0.267 e. The minimum Gasteiger partial charge on any atom is -0.337 e. The van der Waals surface area contributed by atoms with Gasteiger partial charge in [0.25, 0.3) is 5.56 Å². The molecule has 1 N–H and O–H groups in total. The van der Waals surface area contributed by atoms with E-state index in [9.17, 15) is 14.9 Å². The molecule has 30 heavy (non-hydrogen) atoms. The van der Waals surface area contributed by atoms with E-state index in [-0.39, 0.29) is 17.2 Å². The van der Waals surface area contributed by atoms with Crippen LogP contribution in [0.4, 0.5) is 0 Å². The fourth-order valence-electron chi connectivity index (χ4n) is 3.68. The third-order valence-electron chi connectivity index (χ3n) is 5.25. The van der Waals surface area contributed by atoms with Crippen LogP contribution in [0, 0.1) is 18.3 Å². The number of pyridine rings is 1. The number of amides is 1. The Morgan fingerprint density at radius 1 is 1.27 bits per heavy atom. The molecule has 3 aromatic rings. The number of benzene rings is 1. The molecule has 0 bridgehead atoms. The smallest absolute Gasteiger partial charge is 0.267 e. The van der Waals surface area contributed by atoms with Gasteiger partial charge in [0.15, 0.2) is 5.16 Å². The van der Waals surface area contributed by atoms with E-state index in [1.54, 1.807) is 30.5 Å². The quantitative estimate of drug-likeness (QED) is 0.504. The zero-order valence-corrected chi connectivity index (χ0v) is 17.4. The molecular weight excluding hydrogens is 398 g/mol. The zero-order valence-electron chi connectivity index (χ0n) is 16.6. The SMILES string of the molecule is Cc1ccc(-n2c(SCC(=O)NC3(C#N)CCCC3)nc3ccccc3c2=O)nc1. The van der Waals surface area contributed by atoms with E-state index in [0.717, 1.165) is 18.4 Å². The molecule has 1 saturated carbocycles. The van der Waals surface area contributed by atoms with Crippen LogP contribution < -0.4 is 10.9 Å². The first-order chi connectivity index (χ1) is 14.5. The minimum absolute atomic E-state index is 0.0556. The van der Waals surface area contributed by atoms with E-state index in [2.05, 4.69) is 21.4 Å². The highest BCUT2D eigenvalue weighted by molar-refractivity contribution is 7.99. The Morgan fingerprint density at radius 2 is 2.03 bits per heavy atom. The first-order valence-corrected chi connectivity index (χ1v) is 10.8. The van der Waals surface area contributed by atoms with Gasteiger partial charge in [0.2, 0.25) is 5.91 Å². The van der Waals surface area contributed by atoms with Crippen molar-refractivity contribution in [2.24, 2.45) is 0 Å². The number of carbonyl (C=O) groups is 1. The summed E-state index contributed by atoms with van der Waals surface area (Å²) in [6.45, 7) is 1.92. The van der Waals surface area contributed by atoms with Gasteiger partial charge in [0.1, 0.15) is 11.4 Å². The van der Waals surface area contributed by atoms with Gasteiger partial charge in [0, 0.05) is 6.20 Å². The van der Waals surface area contributed by atoms with Gasteiger partial charge in [-0.3, -0.25) is 9.59 Å². The van der Waals surface area contributed by atoms with Crippen molar-refractivity contribution in [3.63, 3.8) is 0 Å². The summed E-state index contributed by atoms with van der Waals surface area (Å²) in [5.74, 6) is 0.269. The zero-order chi connectivity index (χ0) is 21.1. The van der Waals surface area contributed by atoms with Gasteiger partial charge in [0.05, 0.1) is 22.7 Å². The molecular formula is C22H21N5O2S. The van der Waals surface area contributed by atoms with E-state index >= 15 is 0 Å². The van der Waals surface area contributed by atoms with Crippen LogP contribution in [0.3, 0.4) is 0 Å². The van der Waals surface area contributed by atoms with Crippen molar-refractivity contribution in [1.82, 2.24) is 19.9 Å². The van der Waals surface area contributed by atoms with Crippen molar-refractivity contribution in [3.05, 3.63) is 58.5 Å². The highest BCUT2D eigenvalue weighted by atomic mass is 32.2. The number of nitriles is 1. The molecule has 1 aromatic carbocycles. The first kappa shape index (κ1) is 20.1. The van der Waals surface area contributed by atoms with Gasteiger partial charge < -0.3 is 5.32 Å². The second kappa shape index (κ2) is 8.28. The molecule has 1 amide bonds. The summed E-state index contributed by atoms with van der Waals surface area (Å²) in [6, 6.07) is 13.0. The van der Waals surface area contributed by atoms with Crippen LogP contribution in [-0.4, -0.2) is 31.7 Å². The van der Waals surface area contributed by atoms with Gasteiger partial charge >= 0.3 is 0 Å². The van der Waals surface area contributed by atoms with Crippen molar-refractivity contribution >= 4 is 28.6 Å². The van der Waals surface area contributed by atoms with E-state index in [4.69, 9.17) is 0 Å². The largest absolute Gasteiger partial charge is 0.337 e. The second-order valence-electron chi connectivity index (χ2n) is 7.48. The molecule has 4 rings (SSSR count). The third kappa shape index (κ3) is 3.94. The van der Waals surface area contributed by atoms with Crippen molar-refractivity contribution < 1.29 is 4.79 Å². The van der Waals surface area contributed by atoms with E-state index in [1.807, 2.05) is 19.1 Å². The fourth-order valence-corrected chi connectivity index (χ4v) is 4.48. The van der Waals surface area contributed by atoms with Crippen LogP contribution in [0.5, 0.6) is 0 Å². The van der Waals surface area contributed by atoms with Gasteiger partial charge in [-0.1, -0.05) is 30.0 Å². The second-order valence-corrected chi connectivity index (χ2v) is 8.43. The highest BCUT2D eigenvalue weighted by Gasteiger charge is 2.35. The number of rotatable bonds is 5. The number of hydrogen-bond donors (Lipinski definition) is 1. The Hall–Kier alpha value is -3.18. The maximum atomic E-state index is 13.2. The Morgan fingerprint density at radius 3 is 2.73 bits per heavy atom. The van der Waals surface area contributed by atoms with Gasteiger partial charge in [-0.15, -0.1) is 0 Å². The van der Waals surface area contributed by atoms with Crippen molar-refractivity contribution in [2.75, 3.05) is 5.75 Å². The van der Waals surface area contributed by atoms with E-state index < -0.39 is 5.54 Å². The maximum absolute atomic E-state index is 13.2. The number of carbonyl (C=O) groups excluding carboxylic acids is 1. The molecule has 2 heterocycles. The lowest BCUT2D eigenvalue weighted by Gasteiger charge is -2.21. The van der Waals surface area contributed by atoms with Gasteiger partial charge in [-0.2, -0.15) is 5.26 Å². The molecule has 0 saturated heterocycles. The summed E-state index contributed by atoms with van der Waals surface area (Å²) in [7, 11) is 0. The lowest BCUT2D eigenvalue weighted by Crippen LogP contribution is -2.45. The van der Waals surface area contributed by atoms with E-state index in [0.29, 0.717) is 34.7 Å². The highest BCUT2D eigenvalue weighted by Crippen LogP contribution is 2.29. The number of hydrogen-bond acceptors (Lipinski definition) is 6. The molecule has 0 atom stereocenters. The van der Waals surface area contributed by atoms with Crippen LogP contribution >= 0.6 is 11.8 Å². The molecule has 152 valence electrons. The van der Waals surface area contributed by atoms with Crippen LogP contribution in [0.15, 0.2) is 52.5 Å². The Bertz CT molecular complexity index is 1190. The molecule has 1 fully saturated rings. The van der Waals surface area contributed by atoms with Gasteiger partial charge in [-0.25, -0.2) is 14.5 Å². The lowest BCUT2D eigenvalue weighted by molar-refractivity contribution is -0.119. The summed E-state index contributed by atoms with van der Waals surface area (Å²) in [5, 5.41) is 13.2. The predicted octanol–water partition coefficient (Wildman–Crippen LogP) is 3.13. The van der Waals surface area contributed by atoms with Crippen LogP contribution in [0.2, 0.25) is 0 Å². The first-order valence-electron chi connectivity index (χ1n) is 9.81. The number of fused-ring (bicyclic) bond motifs is 1.